The first-order valence-electron chi connectivity index (χ1n) is 5.83. The number of hydrogen-bond donors (Lipinski definition) is 1. The molecule has 0 fully saturated rings. The second-order valence-corrected chi connectivity index (χ2v) is 4.98. The minimum absolute atomic E-state index is 0.348. The SMILES string of the molecule is Cc1cc(C(=O)NN=Cc2c(Cl)cccc2Cl)c(C)o1. The molecular weight excluding hydrogens is 299 g/mol. The van der Waals surface area contributed by atoms with Gasteiger partial charge in [0.25, 0.3) is 5.91 Å². The number of rotatable bonds is 3. The van der Waals surface area contributed by atoms with Crippen LogP contribution in [0, 0.1) is 13.8 Å². The van der Waals surface area contributed by atoms with Crippen molar-refractivity contribution in [1.29, 1.82) is 0 Å². The van der Waals surface area contributed by atoms with Gasteiger partial charge >= 0.3 is 0 Å². The van der Waals surface area contributed by atoms with Crippen LogP contribution in [0.4, 0.5) is 0 Å². The summed E-state index contributed by atoms with van der Waals surface area (Å²) in [6.45, 7) is 3.49. The Labute approximate surface area is 126 Å². The molecule has 1 amide bonds. The zero-order chi connectivity index (χ0) is 14.7. The molecule has 0 radical (unpaired) electrons. The fraction of sp³-hybridized carbons (Fsp3) is 0.143. The second kappa shape index (κ2) is 6.11. The smallest absolute Gasteiger partial charge is 0.274 e. The average Bonchev–Trinajstić information content (AvgIpc) is 2.72. The molecule has 4 nitrogen and oxygen atoms in total. The molecule has 1 N–H and O–H groups in total. The van der Waals surface area contributed by atoms with Crippen LogP contribution < -0.4 is 5.43 Å². The van der Waals surface area contributed by atoms with Crippen molar-refractivity contribution in [1.82, 2.24) is 5.43 Å². The normalized spacial score (nSPS) is 11.0. The van der Waals surface area contributed by atoms with E-state index in [4.69, 9.17) is 27.6 Å². The predicted molar refractivity (Wildman–Crippen MR) is 79.7 cm³/mol. The number of hydrazone groups is 1. The molecule has 0 unspecified atom stereocenters. The monoisotopic (exact) mass is 310 g/mol. The molecule has 0 bridgehead atoms. The van der Waals surface area contributed by atoms with E-state index < -0.39 is 0 Å². The van der Waals surface area contributed by atoms with E-state index in [2.05, 4.69) is 10.5 Å². The molecule has 0 atom stereocenters. The van der Waals surface area contributed by atoms with Crippen molar-refractivity contribution in [2.45, 2.75) is 13.8 Å². The number of amides is 1. The Kier molecular flexibility index (Phi) is 4.47. The maximum atomic E-state index is 11.9. The molecule has 0 spiro atoms. The van der Waals surface area contributed by atoms with E-state index in [1.807, 2.05) is 0 Å². The lowest BCUT2D eigenvalue weighted by molar-refractivity contribution is 0.0953. The topological polar surface area (TPSA) is 54.6 Å². The lowest BCUT2D eigenvalue weighted by Gasteiger charge is -2.01. The summed E-state index contributed by atoms with van der Waals surface area (Å²) in [6, 6.07) is 6.78. The Balaban J connectivity index is 2.11. The van der Waals surface area contributed by atoms with Crippen molar-refractivity contribution in [3.63, 3.8) is 0 Å². The Morgan fingerprint density at radius 1 is 1.30 bits per heavy atom. The largest absolute Gasteiger partial charge is 0.466 e. The molecule has 0 aliphatic carbocycles. The highest BCUT2D eigenvalue weighted by Crippen LogP contribution is 2.22. The number of halogens is 2. The lowest BCUT2D eigenvalue weighted by Crippen LogP contribution is -2.17. The van der Waals surface area contributed by atoms with Gasteiger partial charge in [-0.05, 0) is 32.0 Å². The van der Waals surface area contributed by atoms with Crippen LogP contribution in [-0.2, 0) is 0 Å². The van der Waals surface area contributed by atoms with Crippen molar-refractivity contribution in [3.05, 3.63) is 57.0 Å². The average molecular weight is 311 g/mol. The molecule has 2 rings (SSSR count). The fourth-order valence-corrected chi connectivity index (χ4v) is 2.20. The molecule has 0 saturated carbocycles. The van der Waals surface area contributed by atoms with E-state index in [1.54, 1.807) is 38.1 Å². The van der Waals surface area contributed by atoms with Crippen molar-refractivity contribution in [2.24, 2.45) is 5.10 Å². The van der Waals surface area contributed by atoms with Crippen molar-refractivity contribution >= 4 is 35.3 Å². The van der Waals surface area contributed by atoms with E-state index in [9.17, 15) is 4.79 Å². The highest BCUT2D eigenvalue weighted by Gasteiger charge is 2.12. The van der Waals surface area contributed by atoms with Crippen LogP contribution in [0.1, 0.15) is 27.4 Å². The molecular formula is C14H12Cl2N2O2. The maximum Gasteiger partial charge on any atom is 0.274 e. The Morgan fingerprint density at radius 3 is 2.50 bits per heavy atom. The summed E-state index contributed by atoms with van der Waals surface area (Å²) >= 11 is 12.0. The minimum Gasteiger partial charge on any atom is -0.466 e. The third-order valence-corrected chi connectivity index (χ3v) is 3.30. The van der Waals surface area contributed by atoms with Gasteiger partial charge in [0, 0.05) is 5.56 Å². The van der Waals surface area contributed by atoms with E-state index >= 15 is 0 Å². The van der Waals surface area contributed by atoms with Crippen LogP contribution in [0.5, 0.6) is 0 Å². The molecule has 104 valence electrons. The number of carbonyl (C=O) groups is 1. The van der Waals surface area contributed by atoms with Crippen LogP contribution in [-0.4, -0.2) is 12.1 Å². The van der Waals surface area contributed by atoms with Gasteiger partial charge in [0.05, 0.1) is 21.8 Å². The standard InChI is InChI=1S/C14H12Cl2N2O2/c1-8-6-10(9(2)20-8)14(19)18-17-7-11-12(15)4-3-5-13(11)16/h3-7H,1-2H3,(H,18,19). The summed E-state index contributed by atoms with van der Waals surface area (Å²) in [4.78, 5) is 11.9. The summed E-state index contributed by atoms with van der Waals surface area (Å²) in [5, 5.41) is 4.78. The fourth-order valence-electron chi connectivity index (χ4n) is 1.71. The summed E-state index contributed by atoms with van der Waals surface area (Å²) in [7, 11) is 0. The second-order valence-electron chi connectivity index (χ2n) is 4.16. The number of furan rings is 1. The molecule has 0 aliphatic rings. The zero-order valence-electron chi connectivity index (χ0n) is 10.9. The van der Waals surface area contributed by atoms with Gasteiger partial charge in [-0.3, -0.25) is 4.79 Å². The molecule has 1 heterocycles. The maximum absolute atomic E-state index is 11.9. The summed E-state index contributed by atoms with van der Waals surface area (Å²) in [6.07, 6.45) is 1.41. The molecule has 2 aromatic rings. The Hall–Kier alpha value is -1.78. The number of aryl methyl sites for hydroxylation is 2. The summed E-state index contributed by atoms with van der Waals surface area (Å²) in [5.74, 6) is 0.871. The van der Waals surface area contributed by atoms with Crippen LogP contribution in [0.15, 0.2) is 33.8 Å². The number of benzene rings is 1. The molecule has 1 aromatic carbocycles. The third-order valence-electron chi connectivity index (χ3n) is 2.65. The summed E-state index contributed by atoms with van der Waals surface area (Å²) in [5.41, 5.74) is 3.41. The van der Waals surface area contributed by atoms with Crippen LogP contribution in [0.2, 0.25) is 10.0 Å². The molecule has 6 heteroatoms. The highest BCUT2D eigenvalue weighted by molar-refractivity contribution is 6.38. The number of hydrogen-bond acceptors (Lipinski definition) is 3. The minimum atomic E-state index is -0.348. The van der Waals surface area contributed by atoms with Gasteiger partial charge in [0.15, 0.2) is 0 Å². The van der Waals surface area contributed by atoms with E-state index in [0.29, 0.717) is 32.7 Å². The van der Waals surface area contributed by atoms with Crippen molar-refractivity contribution in [3.8, 4) is 0 Å². The molecule has 1 aromatic heterocycles. The number of carbonyl (C=O) groups excluding carboxylic acids is 1. The van der Waals surface area contributed by atoms with Crippen molar-refractivity contribution < 1.29 is 9.21 Å². The predicted octanol–water partition coefficient (Wildman–Crippen LogP) is 3.97. The lowest BCUT2D eigenvalue weighted by atomic mass is 10.2. The first-order chi connectivity index (χ1) is 9.49. The van der Waals surface area contributed by atoms with Gasteiger partial charge < -0.3 is 4.42 Å². The van der Waals surface area contributed by atoms with E-state index in [0.717, 1.165) is 0 Å². The van der Waals surface area contributed by atoms with Crippen LogP contribution >= 0.6 is 23.2 Å². The van der Waals surface area contributed by atoms with Crippen molar-refractivity contribution in [2.75, 3.05) is 0 Å². The first-order valence-corrected chi connectivity index (χ1v) is 6.59. The zero-order valence-corrected chi connectivity index (χ0v) is 12.4. The number of nitrogens with zero attached hydrogens (tertiary/aromatic N) is 1. The van der Waals surface area contributed by atoms with Crippen LogP contribution in [0.3, 0.4) is 0 Å². The third kappa shape index (κ3) is 3.21. The molecule has 0 saturated heterocycles. The Morgan fingerprint density at radius 2 is 1.95 bits per heavy atom. The Bertz CT molecular complexity index is 658. The van der Waals surface area contributed by atoms with Gasteiger partial charge in [-0.25, -0.2) is 5.43 Å². The van der Waals surface area contributed by atoms with E-state index in [-0.39, 0.29) is 5.91 Å². The van der Waals surface area contributed by atoms with Gasteiger partial charge in [-0.1, -0.05) is 29.3 Å². The van der Waals surface area contributed by atoms with Crippen LogP contribution in [0.25, 0.3) is 0 Å². The van der Waals surface area contributed by atoms with Gasteiger partial charge in [-0.15, -0.1) is 0 Å². The first kappa shape index (κ1) is 14.6. The molecule has 0 aliphatic heterocycles. The highest BCUT2D eigenvalue weighted by atomic mass is 35.5. The summed E-state index contributed by atoms with van der Waals surface area (Å²) < 4.78 is 5.28. The van der Waals surface area contributed by atoms with Gasteiger partial charge in [-0.2, -0.15) is 5.10 Å². The quantitative estimate of drug-likeness (QED) is 0.689. The molecule has 20 heavy (non-hydrogen) atoms. The van der Waals surface area contributed by atoms with E-state index in [1.165, 1.54) is 6.21 Å². The number of nitrogens with one attached hydrogen (secondary N) is 1. The van der Waals surface area contributed by atoms with Gasteiger partial charge in [0.2, 0.25) is 0 Å². The van der Waals surface area contributed by atoms with Gasteiger partial charge in [0.1, 0.15) is 11.5 Å².